The Kier molecular flexibility index (Phi) is 5.90. The average molecular weight is 517 g/mol. The van der Waals surface area contributed by atoms with Gasteiger partial charge in [0.2, 0.25) is 0 Å². The quantitative estimate of drug-likeness (QED) is 0.325. The van der Waals surface area contributed by atoms with Crippen molar-refractivity contribution in [3.05, 3.63) is 84.9 Å². The Morgan fingerprint density at radius 1 is 0.897 bits per heavy atom. The predicted molar refractivity (Wildman–Crippen MR) is 153 cm³/mol. The summed E-state index contributed by atoms with van der Waals surface area (Å²) in [7, 11) is 2.17. The molecule has 39 heavy (non-hydrogen) atoms. The van der Waals surface area contributed by atoms with E-state index in [1.807, 2.05) is 54.9 Å². The normalized spacial score (nSPS) is 14.3. The molecule has 9 heteroatoms. The molecule has 1 saturated heterocycles. The molecule has 1 aliphatic rings. The SMILES string of the molecule is CN1CCN(c2ccnc3[nH]c(-c4n[nH]c5cnc(-c6cncc(OCc7ccccc7)c6)cc45)cc23)CC1. The molecule has 1 fully saturated rings. The zero-order chi connectivity index (χ0) is 26.2. The van der Waals surface area contributed by atoms with E-state index in [0.717, 1.165) is 76.3 Å². The summed E-state index contributed by atoms with van der Waals surface area (Å²) in [5.41, 5.74) is 7.47. The highest BCUT2D eigenvalue weighted by molar-refractivity contribution is 5.99. The summed E-state index contributed by atoms with van der Waals surface area (Å²) in [4.78, 5) is 22.0. The topological polar surface area (TPSA) is 98.8 Å². The van der Waals surface area contributed by atoms with Crippen LogP contribution in [0.15, 0.2) is 79.4 Å². The van der Waals surface area contributed by atoms with Gasteiger partial charge in [0.15, 0.2) is 0 Å². The van der Waals surface area contributed by atoms with Crippen LogP contribution >= 0.6 is 0 Å². The number of nitrogens with one attached hydrogen (secondary N) is 2. The lowest BCUT2D eigenvalue weighted by atomic mass is 10.1. The molecule has 5 aromatic heterocycles. The first-order chi connectivity index (χ1) is 19.2. The maximum absolute atomic E-state index is 5.99. The van der Waals surface area contributed by atoms with Crippen LogP contribution in [0.3, 0.4) is 0 Å². The Balaban J connectivity index is 1.20. The van der Waals surface area contributed by atoms with Crippen LogP contribution in [0.5, 0.6) is 5.75 Å². The Hall–Kier alpha value is -4.76. The number of hydrogen-bond acceptors (Lipinski definition) is 7. The van der Waals surface area contributed by atoms with Crippen LogP contribution in [0.4, 0.5) is 5.69 Å². The smallest absolute Gasteiger partial charge is 0.139 e. The summed E-state index contributed by atoms with van der Waals surface area (Å²) in [5.74, 6) is 0.698. The molecule has 6 heterocycles. The summed E-state index contributed by atoms with van der Waals surface area (Å²) < 4.78 is 5.99. The third kappa shape index (κ3) is 4.57. The second-order valence-corrected chi connectivity index (χ2v) is 9.94. The number of rotatable bonds is 6. The number of likely N-dealkylation sites (N-methyl/N-ethyl adjacent to an activating group) is 1. The number of nitrogens with zero attached hydrogens (tertiary/aromatic N) is 6. The van der Waals surface area contributed by atoms with Crippen LogP contribution < -0.4 is 9.64 Å². The number of benzene rings is 1. The first kappa shape index (κ1) is 23.4. The number of hydrogen-bond donors (Lipinski definition) is 2. The van der Waals surface area contributed by atoms with Gasteiger partial charge in [-0.25, -0.2) is 4.98 Å². The van der Waals surface area contributed by atoms with Crippen molar-refractivity contribution < 1.29 is 4.74 Å². The molecule has 0 aliphatic carbocycles. The largest absolute Gasteiger partial charge is 0.487 e. The number of fused-ring (bicyclic) bond motifs is 2. The molecule has 0 radical (unpaired) electrons. The second-order valence-electron chi connectivity index (χ2n) is 9.94. The number of piperazine rings is 1. The molecule has 0 unspecified atom stereocenters. The molecule has 0 spiro atoms. The summed E-state index contributed by atoms with van der Waals surface area (Å²) in [6, 6.07) is 18.4. The van der Waals surface area contributed by atoms with Gasteiger partial charge in [-0.1, -0.05) is 30.3 Å². The monoisotopic (exact) mass is 516 g/mol. The van der Waals surface area contributed by atoms with Gasteiger partial charge < -0.3 is 19.5 Å². The van der Waals surface area contributed by atoms with Gasteiger partial charge in [0.05, 0.1) is 29.3 Å². The van der Waals surface area contributed by atoms with Crippen LogP contribution in [0, 0.1) is 0 Å². The first-order valence-corrected chi connectivity index (χ1v) is 13.1. The summed E-state index contributed by atoms with van der Waals surface area (Å²) in [6.45, 7) is 4.58. The minimum Gasteiger partial charge on any atom is -0.487 e. The molecule has 0 atom stereocenters. The average Bonchev–Trinajstić information content (AvgIpc) is 3.61. The van der Waals surface area contributed by atoms with Crippen LogP contribution in [-0.2, 0) is 6.61 Å². The maximum atomic E-state index is 5.99. The van der Waals surface area contributed by atoms with Crippen molar-refractivity contribution in [1.82, 2.24) is 35.0 Å². The van der Waals surface area contributed by atoms with Crippen LogP contribution in [-0.4, -0.2) is 68.3 Å². The van der Waals surface area contributed by atoms with Gasteiger partial charge in [0, 0.05) is 60.6 Å². The van der Waals surface area contributed by atoms with Crippen LogP contribution in [0.1, 0.15) is 5.56 Å². The highest BCUT2D eigenvalue weighted by Gasteiger charge is 2.19. The van der Waals surface area contributed by atoms with E-state index in [-0.39, 0.29) is 0 Å². The van der Waals surface area contributed by atoms with Gasteiger partial charge in [-0.15, -0.1) is 0 Å². The molecule has 0 saturated carbocycles. The summed E-state index contributed by atoms with van der Waals surface area (Å²) in [6.07, 6.45) is 7.22. The van der Waals surface area contributed by atoms with Gasteiger partial charge >= 0.3 is 0 Å². The van der Waals surface area contributed by atoms with E-state index in [1.54, 1.807) is 12.4 Å². The standard InChI is InChI=1S/C30H28N8O/c1-37-9-11-38(12-10-37)28-7-8-32-30-24(28)15-26(34-30)29-23-14-25(33-18-27(23)35-36-29)21-13-22(17-31-16-21)39-19-20-5-3-2-4-6-20/h2-8,13-18H,9-12,19H2,1H3,(H,32,34)(H,35,36). The molecule has 7 rings (SSSR count). The first-order valence-electron chi connectivity index (χ1n) is 13.1. The Morgan fingerprint density at radius 3 is 2.64 bits per heavy atom. The van der Waals surface area contributed by atoms with Gasteiger partial charge in [0.1, 0.15) is 23.7 Å². The number of H-pyrrole nitrogens is 2. The lowest BCUT2D eigenvalue weighted by Gasteiger charge is -2.34. The molecular formula is C30H28N8O. The van der Waals surface area contributed by atoms with Crippen molar-refractivity contribution in [3.8, 4) is 28.4 Å². The lowest BCUT2D eigenvalue weighted by Crippen LogP contribution is -2.44. The Morgan fingerprint density at radius 2 is 1.77 bits per heavy atom. The van der Waals surface area contributed by atoms with Gasteiger partial charge in [0.25, 0.3) is 0 Å². The van der Waals surface area contributed by atoms with E-state index in [2.05, 4.69) is 59.1 Å². The summed E-state index contributed by atoms with van der Waals surface area (Å²) >= 11 is 0. The molecular weight excluding hydrogens is 488 g/mol. The van der Waals surface area contributed by atoms with Crippen molar-refractivity contribution in [3.63, 3.8) is 0 Å². The Labute approximate surface area is 225 Å². The molecule has 194 valence electrons. The summed E-state index contributed by atoms with van der Waals surface area (Å²) in [5, 5.41) is 9.86. The van der Waals surface area contributed by atoms with E-state index >= 15 is 0 Å². The minimum absolute atomic E-state index is 0.481. The van der Waals surface area contributed by atoms with E-state index in [0.29, 0.717) is 12.4 Å². The fraction of sp³-hybridized carbons (Fsp3) is 0.200. The minimum atomic E-state index is 0.481. The van der Waals surface area contributed by atoms with Crippen molar-refractivity contribution in [2.45, 2.75) is 6.61 Å². The van der Waals surface area contributed by atoms with E-state index in [1.165, 1.54) is 5.69 Å². The zero-order valence-electron chi connectivity index (χ0n) is 21.6. The molecule has 9 nitrogen and oxygen atoms in total. The Bertz CT molecular complexity index is 1750. The lowest BCUT2D eigenvalue weighted by molar-refractivity contribution is 0.305. The van der Waals surface area contributed by atoms with Gasteiger partial charge in [-0.3, -0.25) is 15.1 Å². The molecule has 0 bridgehead atoms. The van der Waals surface area contributed by atoms with Crippen LogP contribution in [0.2, 0.25) is 0 Å². The zero-order valence-corrected chi connectivity index (χ0v) is 21.6. The van der Waals surface area contributed by atoms with Gasteiger partial charge in [-0.2, -0.15) is 5.10 Å². The fourth-order valence-corrected chi connectivity index (χ4v) is 5.12. The van der Waals surface area contributed by atoms with Crippen LogP contribution in [0.25, 0.3) is 44.6 Å². The van der Waals surface area contributed by atoms with Gasteiger partial charge in [-0.05, 0) is 36.9 Å². The van der Waals surface area contributed by atoms with Crippen molar-refractivity contribution >= 4 is 27.6 Å². The highest BCUT2D eigenvalue weighted by Crippen LogP contribution is 2.34. The van der Waals surface area contributed by atoms with Crippen molar-refractivity contribution in [1.29, 1.82) is 0 Å². The molecule has 2 N–H and O–H groups in total. The van der Waals surface area contributed by atoms with Crippen molar-refractivity contribution in [2.24, 2.45) is 0 Å². The number of ether oxygens (including phenoxy) is 1. The predicted octanol–water partition coefficient (Wildman–Crippen LogP) is 4.89. The third-order valence-electron chi connectivity index (χ3n) is 7.31. The number of aromatic amines is 2. The fourth-order valence-electron chi connectivity index (χ4n) is 5.12. The number of anilines is 1. The van der Waals surface area contributed by atoms with E-state index in [9.17, 15) is 0 Å². The number of pyridine rings is 3. The van der Waals surface area contributed by atoms with E-state index in [4.69, 9.17) is 4.74 Å². The van der Waals surface area contributed by atoms with E-state index < -0.39 is 0 Å². The third-order valence-corrected chi connectivity index (χ3v) is 7.31. The molecule has 6 aromatic rings. The second kappa shape index (κ2) is 9.85. The molecule has 1 aliphatic heterocycles. The molecule has 0 amide bonds. The van der Waals surface area contributed by atoms with Crippen molar-refractivity contribution in [2.75, 3.05) is 38.1 Å². The maximum Gasteiger partial charge on any atom is 0.139 e. The number of aromatic nitrogens is 6. The highest BCUT2D eigenvalue weighted by atomic mass is 16.5. The molecule has 1 aromatic carbocycles.